The van der Waals surface area contributed by atoms with Crippen LogP contribution in [0.15, 0.2) is 113 Å². The van der Waals surface area contributed by atoms with E-state index in [0.29, 0.717) is 90.9 Å². The van der Waals surface area contributed by atoms with Crippen LogP contribution in [0.4, 0.5) is 0 Å². The quantitative estimate of drug-likeness (QED) is 0.0327. The summed E-state index contributed by atoms with van der Waals surface area (Å²) in [6, 6.07) is 25.9. The Labute approximate surface area is 527 Å². The number of nitrogens with zero attached hydrogens (tertiary/aromatic N) is 1. The number of guanidine groups is 1. The minimum atomic E-state index is -0.713. The van der Waals surface area contributed by atoms with Crippen molar-refractivity contribution in [3.63, 3.8) is 0 Å². The lowest BCUT2D eigenvalue weighted by molar-refractivity contribution is -0.126. The van der Waals surface area contributed by atoms with E-state index >= 15 is 0 Å². The number of aliphatic imine (C=N–C) groups is 1. The van der Waals surface area contributed by atoms with Crippen LogP contribution < -0.4 is 48.1 Å². The number of carbonyl (C=O) groups is 2. The second-order valence-corrected chi connectivity index (χ2v) is 27.9. The zero-order valence-electron chi connectivity index (χ0n) is 52.5. The van der Waals surface area contributed by atoms with E-state index in [1.807, 2.05) is 25.3 Å². The molecule has 0 aromatic heterocycles. The van der Waals surface area contributed by atoms with Crippen LogP contribution in [0.3, 0.4) is 0 Å². The van der Waals surface area contributed by atoms with Gasteiger partial charge in [0.1, 0.15) is 5.78 Å². The van der Waals surface area contributed by atoms with Crippen LogP contribution in [-0.2, 0) is 35.3 Å². The Morgan fingerprint density at radius 3 is 2.58 bits per heavy atom. The standard InChI is InChI=1S/C73H99N9O7/c1-46(85)40-81-68-39-72(38-64-61-20-23-77-42-55(61)28-52-14-8-21-78-70(52)64)35-50-17-18-67(72)73(68)36-53(58(37-73)41-76-2)19-24-80-71(75)79-22-7-13-51(26-49-12-6-11-48(25-49)16-15-47-9-4-3-5-10-47)63-34-69(74)82-43-56(63)29-54-31-65(88)66(89-45-84)33-62(54)57(44-83)30-60(87)32-59(86)27-50/h3-6,8-12,14,25,30-31,33-34,43,46,50-53,55,58,61,64,67-70,76-78,81-85,88H,13,15-21,23-24,26-29,32,35-42,44-45,74H2,1-2H3,(H3,75,79,80). The number of aryl methyl sites for hydroxylation is 2. The second kappa shape index (κ2) is 29.4. The lowest BCUT2D eigenvalue weighted by Gasteiger charge is -2.55. The number of piperidine rings is 1. The number of aromatic hydroxyl groups is 1. The Bertz CT molecular complexity index is 3190. The van der Waals surface area contributed by atoms with Gasteiger partial charge in [0, 0.05) is 56.8 Å². The number of phenolic OH excluding ortho intramolecular Hbond substituents is 1. The number of rotatable bonds is 15. The lowest BCUT2D eigenvalue weighted by Crippen LogP contribution is -2.57. The van der Waals surface area contributed by atoms with Crippen molar-refractivity contribution in [3.05, 3.63) is 136 Å². The molecule has 0 radical (unpaired) electrons. The number of allylic oxidation sites excluding steroid dienone is 3. The fourth-order valence-corrected chi connectivity index (χ4v) is 18.7. The van der Waals surface area contributed by atoms with Crippen molar-refractivity contribution in [2.75, 3.05) is 59.7 Å². The van der Waals surface area contributed by atoms with Crippen LogP contribution in [0.2, 0.25) is 0 Å². The van der Waals surface area contributed by atoms with Gasteiger partial charge < -0.3 is 68.5 Å². The van der Waals surface area contributed by atoms with Gasteiger partial charge in [-0.25, -0.2) is 0 Å². The van der Waals surface area contributed by atoms with E-state index in [2.05, 4.69) is 117 Å². The Balaban J connectivity index is 0.953. The van der Waals surface area contributed by atoms with Crippen molar-refractivity contribution in [1.29, 1.82) is 0 Å². The molecule has 16 heteroatoms. The number of ketones is 2. The van der Waals surface area contributed by atoms with Crippen LogP contribution in [-0.4, -0.2) is 122 Å². The van der Waals surface area contributed by atoms with Gasteiger partial charge in [0.2, 0.25) is 5.96 Å². The molecule has 5 heterocycles. The molecule has 89 heavy (non-hydrogen) atoms. The zero-order chi connectivity index (χ0) is 62.1. The number of ether oxygens (including phenoxy) is 1. The number of hydrogen-bond acceptors (Lipinski definition) is 16. The minimum Gasteiger partial charge on any atom is -0.504 e. The highest BCUT2D eigenvalue weighted by Gasteiger charge is 2.67. The van der Waals surface area contributed by atoms with Gasteiger partial charge in [-0.1, -0.05) is 72.7 Å². The molecule has 3 aromatic rings. The van der Waals surface area contributed by atoms with E-state index in [1.54, 1.807) is 12.1 Å². The molecule has 14 N–H and O–H groups in total. The summed E-state index contributed by atoms with van der Waals surface area (Å²) in [5, 5.41) is 65.9. The number of fused-ring (bicyclic) bond motifs is 13. The maximum absolute atomic E-state index is 14.7. The SMILES string of the molecule is CNCC1CC23CC1CCNC(N)=NC#CCC(Cc1cccc(CCc4ccccc4)c1)C1=CC(N)NC=C1Cc1cc(O)c(OCO)cc1C(CO)=CC(=O)CC(=O)CC1CCC2C(CC2C4CCNCC4CC4C=CCNC42)(C1)CC3NCC(C)O. The predicted molar refractivity (Wildman–Crippen MR) is 351 cm³/mol. The Hall–Kier alpha value is -6.13. The first-order valence-electron chi connectivity index (χ1n) is 33.5. The van der Waals surface area contributed by atoms with Crippen molar-refractivity contribution in [2.24, 2.45) is 80.6 Å². The first-order valence-corrected chi connectivity index (χ1v) is 33.5. The summed E-state index contributed by atoms with van der Waals surface area (Å²) in [5.41, 5.74) is 20.0. The lowest BCUT2D eigenvalue weighted by atomic mass is 9.52. The molecule has 4 saturated carbocycles. The molecule has 5 bridgehead atoms. The highest BCUT2D eigenvalue weighted by Crippen LogP contribution is 2.71. The molecule has 15 atom stereocenters. The molecular weight excluding hydrogens is 1110 g/mol. The number of aliphatic hydroxyl groups is 3. The number of hydrogen-bond donors (Lipinski definition) is 12. The summed E-state index contributed by atoms with van der Waals surface area (Å²) in [5.74, 6) is 6.20. The number of nitrogens with one attached hydrogen (secondary N) is 6. The monoisotopic (exact) mass is 1210 g/mol. The van der Waals surface area contributed by atoms with E-state index in [4.69, 9.17) is 16.2 Å². The van der Waals surface area contributed by atoms with Gasteiger partial charge in [-0.15, -0.1) is 0 Å². The number of carbonyl (C=O) groups excluding carboxylic acids is 2. The van der Waals surface area contributed by atoms with Crippen molar-refractivity contribution in [1.82, 2.24) is 31.9 Å². The van der Waals surface area contributed by atoms with Gasteiger partial charge in [0.25, 0.3) is 0 Å². The molecule has 5 aliphatic heterocycles. The normalized spacial score (nSPS) is 32.8. The molecule has 16 nitrogen and oxygen atoms in total. The zero-order valence-corrected chi connectivity index (χ0v) is 52.5. The van der Waals surface area contributed by atoms with Crippen LogP contribution in [0.1, 0.15) is 118 Å². The van der Waals surface area contributed by atoms with E-state index in [0.717, 1.165) is 107 Å². The molecule has 1 spiro atoms. The Morgan fingerprint density at radius 2 is 1.76 bits per heavy atom. The topological polar surface area (TPSA) is 261 Å². The van der Waals surface area contributed by atoms with Crippen molar-refractivity contribution < 1.29 is 34.8 Å². The number of phenols is 1. The number of dihydropyridines is 1. The number of Topliss-reactive ketones (excluding diaryl/α,β-unsaturated/α-hetero) is 1. The third kappa shape index (κ3) is 15.1. The molecule has 0 amide bonds. The van der Waals surface area contributed by atoms with Gasteiger partial charge in [-0.2, -0.15) is 4.99 Å². The smallest absolute Gasteiger partial charge is 0.202 e. The summed E-state index contributed by atoms with van der Waals surface area (Å²) >= 11 is 0. The van der Waals surface area contributed by atoms with Gasteiger partial charge in [-0.3, -0.25) is 9.59 Å². The van der Waals surface area contributed by atoms with Crippen LogP contribution in [0.25, 0.3) is 5.57 Å². The third-order valence-corrected chi connectivity index (χ3v) is 22.2. The van der Waals surface area contributed by atoms with E-state index < -0.39 is 31.5 Å². The largest absolute Gasteiger partial charge is 0.504 e. The van der Waals surface area contributed by atoms with Gasteiger partial charge in [0.05, 0.1) is 25.3 Å². The molecule has 15 unspecified atom stereocenters. The van der Waals surface area contributed by atoms with Crippen molar-refractivity contribution in [3.8, 4) is 23.5 Å². The average molecular weight is 1210 g/mol. The summed E-state index contributed by atoms with van der Waals surface area (Å²) in [6.45, 7) is 5.66. The molecule has 12 rings (SSSR count). The maximum atomic E-state index is 14.7. The molecular formula is C73H99N9O7. The number of benzene rings is 3. The summed E-state index contributed by atoms with van der Waals surface area (Å²) in [7, 11) is 2.07. The predicted octanol–water partition coefficient (Wildman–Crippen LogP) is 6.72. The maximum Gasteiger partial charge on any atom is 0.202 e. The summed E-state index contributed by atoms with van der Waals surface area (Å²) in [6.07, 6.45) is 22.5. The summed E-state index contributed by atoms with van der Waals surface area (Å²) in [4.78, 5) is 33.8. The number of nitrogens with two attached hydrogens (primary N) is 2. The van der Waals surface area contributed by atoms with Crippen LogP contribution in [0, 0.1) is 76.1 Å². The van der Waals surface area contributed by atoms with Crippen LogP contribution >= 0.6 is 0 Å². The minimum absolute atomic E-state index is 0.0185. The average Bonchev–Trinajstić information content (AvgIpc) is 1.58. The second-order valence-electron chi connectivity index (χ2n) is 27.9. The molecule has 9 aliphatic rings. The molecule has 3 aromatic carbocycles. The van der Waals surface area contributed by atoms with Crippen LogP contribution in [0.5, 0.6) is 11.5 Å². The summed E-state index contributed by atoms with van der Waals surface area (Å²) < 4.78 is 5.50. The van der Waals surface area contributed by atoms with Gasteiger partial charge in [-0.05, 0) is 256 Å². The highest BCUT2D eigenvalue weighted by atomic mass is 16.6. The van der Waals surface area contributed by atoms with Crippen molar-refractivity contribution >= 4 is 23.1 Å². The van der Waals surface area contributed by atoms with E-state index in [1.165, 1.54) is 30.0 Å². The Morgan fingerprint density at radius 1 is 0.933 bits per heavy atom. The van der Waals surface area contributed by atoms with E-state index in [9.17, 15) is 30.0 Å². The molecule has 478 valence electrons. The highest BCUT2D eigenvalue weighted by molar-refractivity contribution is 6.08. The Kier molecular flexibility index (Phi) is 21.3. The molecule has 1 saturated heterocycles. The van der Waals surface area contributed by atoms with Crippen molar-refractivity contribution in [2.45, 2.75) is 140 Å². The van der Waals surface area contributed by atoms with Gasteiger partial charge in [0.15, 0.2) is 24.1 Å². The molecule has 4 aliphatic carbocycles. The van der Waals surface area contributed by atoms with Gasteiger partial charge >= 0.3 is 0 Å². The fourth-order valence-electron chi connectivity index (χ4n) is 18.7. The third-order valence-electron chi connectivity index (χ3n) is 22.2. The first-order chi connectivity index (χ1) is 43.2. The van der Waals surface area contributed by atoms with E-state index in [-0.39, 0.29) is 70.4 Å². The number of aliphatic hydroxyl groups excluding tert-OH is 3. The fraction of sp³-hybridized carbons (Fsp3) is 0.575. The first kappa shape index (κ1) is 64.4. The molecule has 5 fully saturated rings.